The molecule has 1 aliphatic heterocycles. The number of pyridine rings is 2. The number of fused-ring (bicyclic) bond motifs is 3. The van der Waals surface area contributed by atoms with Gasteiger partial charge in [0.15, 0.2) is 0 Å². The first kappa shape index (κ1) is 38.4. The minimum Gasteiger partial charge on any atom is -0.518 e. The van der Waals surface area contributed by atoms with Gasteiger partial charge < -0.3 is 14.0 Å². The molecule has 0 unspecified atom stereocenters. The molecule has 0 fully saturated rings. The number of aliphatic imine (C=N–C) groups is 1. The molecule has 0 aliphatic carbocycles. The van der Waals surface area contributed by atoms with Gasteiger partial charge in [0.05, 0.1) is 18.3 Å². The Morgan fingerprint density at radius 3 is 2.17 bits per heavy atom. The van der Waals surface area contributed by atoms with Gasteiger partial charge in [-0.25, -0.2) is 4.98 Å². The second kappa shape index (κ2) is 14.9. The number of ether oxygens (including phenoxy) is 2. The predicted molar refractivity (Wildman–Crippen MR) is 213 cm³/mol. The van der Waals surface area contributed by atoms with E-state index in [1.54, 1.807) is 6.20 Å². The van der Waals surface area contributed by atoms with Gasteiger partial charge in [-0.2, -0.15) is 6.07 Å². The van der Waals surface area contributed by atoms with Crippen molar-refractivity contribution < 1.29 is 30.5 Å². The average molecular weight is 886 g/mol. The summed E-state index contributed by atoms with van der Waals surface area (Å²) >= 11 is 0. The largest absolute Gasteiger partial charge is 2.00 e. The van der Waals surface area contributed by atoms with E-state index in [4.69, 9.17) is 19.5 Å². The fraction of sp³-hybridized carbons (Fsp3) is 0.370. The van der Waals surface area contributed by atoms with Crippen molar-refractivity contribution in [2.24, 2.45) is 22.7 Å². The molecule has 7 heteroatoms. The topological polar surface area (TPSA) is 61.5 Å². The van der Waals surface area contributed by atoms with Gasteiger partial charge in [0.1, 0.15) is 11.7 Å². The van der Waals surface area contributed by atoms with Crippen LogP contribution in [0, 0.1) is 29.9 Å². The molecular formula is C46H50N4O2Pt. The van der Waals surface area contributed by atoms with E-state index in [1.807, 2.05) is 42.6 Å². The molecule has 7 rings (SSSR count). The molecule has 4 heterocycles. The van der Waals surface area contributed by atoms with Gasteiger partial charge in [0.25, 0.3) is 0 Å². The van der Waals surface area contributed by atoms with Gasteiger partial charge in [-0.3, -0.25) is 9.98 Å². The zero-order valence-corrected chi connectivity index (χ0v) is 34.8. The van der Waals surface area contributed by atoms with Crippen molar-refractivity contribution in [1.82, 2.24) is 14.5 Å². The van der Waals surface area contributed by atoms with Crippen LogP contribution in [0.5, 0.6) is 11.5 Å². The van der Waals surface area contributed by atoms with Gasteiger partial charge in [0, 0.05) is 29.4 Å². The first-order valence-corrected chi connectivity index (χ1v) is 18.5. The maximum absolute atomic E-state index is 6.66. The van der Waals surface area contributed by atoms with Crippen LogP contribution in [0.2, 0.25) is 0 Å². The Kier molecular flexibility index (Phi) is 10.8. The molecule has 0 radical (unpaired) electrons. The van der Waals surface area contributed by atoms with Crippen LogP contribution >= 0.6 is 0 Å². The van der Waals surface area contributed by atoms with E-state index in [0.717, 1.165) is 44.4 Å². The van der Waals surface area contributed by atoms with Gasteiger partial charge in [-0.15, -0.1) is 23.6 Å². The van der Waals surface area contributed by atoms with Crippen molar-refractivity contribution in [3.8, 4) is 28.6 Å². The Bertz CT molecular complexity index is 2270. The fourth-order valence-electron chi connectivity index (χ4n) is 7.60. The number of aromatic nitrogens is 3. The predicted octanol–water partition coefficient (Wildman–Crippen LogP) is 11.3. The van der Waals surface area contributed by atoms with Crippen molar-refractivity contribution >= 4 is 27.7 Å². The Hall–Kier alpha value is -4.28. The molecule has 6 aromatic rings. The van der Waals surface area contributed by atoms with Crippen molar-refractivity contribution in [3.05, 3.63) is 114 Å². The van der Waals surface area contributed by atoms with Crippen LogP contribution in [-0.4, -0.2) is 33.1 Å². The summed E-state index contributed by atoms with van der Waals surface area (Å²) in [6, 6.07) is 32.3. The summed E-state index contributed by atoms with van der Waals surface area (Å²) in [5.41, 5.74) is 6.92. The van der Waals surface area contributed by atoms with E-state index in [9.17, 15) is 0 Å². The first-order chi connectivity index (χ1) is 24.7. The van der Waals surface area contributed by atoms with Crippen LogP contribution in [0.1, 0.15) is 85.9 Å². The third kappa shape index (κ3) is 7.85. The Morgan fingerprint density at radius 1 is 0.755 bits per heavy atom. The number of nitrogens with zero attached hydrogens (tertiary/aromatic N) is 4. The number of rotatable bonds is 8. The molecule has 276 valence electrons. The zero-order valence-electron chi connectivity index (χ0n) is 32.5. The molecule has 0 spiro atoms. The van der Waals surface area contributed by atoms with Crippen molar-refractivity contribution in [1.29, 1.82) is 0 Å². The van der Waals surface area contributed by atoms with Crippen LogP contribution in [0.3, 0.4) is 0 Å². The zero-order chi connectivity index (χ0) is 36.9. The molecule has 0 saturated heterocycles. The van der Waals surface area contributed by atoms with Crippen molar-refractivity contribution in [2.75, 3.05) is 6.61 Å². The van der Waals surface area contributed by atoms with Gasteiger partial charge in [-0.1, -0.05) is 116 Å². The summed E-state index contributed by atoms with van der Waals surface area (Å²) in [6.45, 7) is 23.1. The standard InChI is InChI=1S/C46H50N4O2.Pt/c1-28(2)43(29(3)4)39-27-51-44(49-39)31-21-30(38-13-11-12-19-47-38)22-35(23-31)52-34-15-16-36-37-24-32(45(5,6)7)14-17-40(37)50(41(36)26-34)42-25-33(18-20-48-42)46(8,9)10;/h11-22,24-25,28-29,39,43H,27H2,1-10H3;/q-2;+2/t39-;/m0./s1. The molecular weight excluding hydrogens is 836 g/mol. The number of hydrogen-bond donors (Lipinski definition) is 0. The van der Waals surface area contributed by atoms with Crippen LogP contribution in [-0.2, 0) is 36.6 Å². The quantitative estimate of drug-likeness (QED) is 0.143. The van der Waals surface area contributed by atoms with E-state index in [1.165, 1.54) is 11.1 Å². The Balaban J connectivity index is 0.00000481. The number of benzene rings is 3. The summed E-state index contributed by atoms with van der Waals surface area (Å²) in [4.78, 5) is 14.6. The average Bonchev–Trinajstić information content (AvgIpc) is 3.70. The van der Waals surface area contributed by atoms with Crippen LogP contribution in [0.25, 0.3) is 38.9 Å². The SMILES string of the molecule is CC(C)C(C(C)C)[C@@H]1COC(c2[c-]c(Oc3[c-]c4c(cc3)c3cc(C(C)(C)C)ccc3n4-c3cc(C(C)(C)C)ccn3)cc(-c3ccccn3)c2)=N1.[Pt+2]. The molecule has 0 saturated carbocycles. The fourth-order valence-corrected chi connectivity index (χ4v) is 7.60. The molecule has 53 heavy (non-hydrogen) atoms. The maximum Gasteiger partial charge on any atom is 2.00 e. The van der Waals surface area contributed by atoms with E-state index in [0.29, 0.717) is 41.8 Å². The third-order valence-electron chi connectivity index (χ3n) is 10.3. The van der Waals surface area contributed by atoms with Crippen molar-refractivity contribution in [3.63, 3.8) is 0 Å². The van der Waals surface area contributed by atoms with Gasteiger partial charge >= 0.3 is 21.1 Å². The molecule has 3 aromatic heterocycles. The maximum atomic E-state index is 6.66. The van der Waals surface area contributed by atoms with E-state index < -0.39 is 0 Å². The smallest absolute Gasteiger partial charge is 0.518 e. The summed E-state index contributed by atoms with van der Waals surface area (Å²) in [5, 5.41) is 2.25. The second-order valence-electron chi connectivity index (χ2n) is 16.9. The normalized spacial score (nSPS) is 15.0. The summed E-state index contributed by atoms with van der Waals surface area (Å²) in [6.07, 6.45) is 3.70. The van der Waals surface area contributed by atoms with Crippen LogP contribution in [0.4, 0.5) is 0 Å². The second-order valence-corrected chi connectivity index (χ2v) is 16.9. The van der Waals surface area contributed by atoms with Crippen LogP contribution in [0.15, 0.2) is 90.2 Å². The molecule has 0 N–H and O–H groups in total. The molecule has 1 aliphatic rings. The summed E-state index contributed by atoms with van der Waals surface area (Å²) in [5.74, 6) is 3.96. The summed E-state index contributed by atoms with van der Waals surface area (Å²) < 4.78 is 15.1. The Morgan fingerprint density at radius 2 is 1.49 bits per heavy atom. The number of hydrogen-bond acceptors (Lipinski definition) is 5. The van der Waals surface area contributed by atoms with E-state index in [-0.39, 0.29) is 37.9 Å². The monoisotopic (exact) mass is 885 g/mol. The molecule has 0 bridgehead atoms. The van der Waals surface area contributed by atoms with Crippen LogP contribution < -0.4 is 4.74 Å². The first-order valence-electron chi connectivity index (χ1n) is 18.5. The minimum absolute atomic E-state index is 0. The molecule has 6 nitrogen and oxygen atoms in total. The van der Waals surface area contributed by atoms with E-state index >= 15 is 0 Å². The molecule has 3 aromatic carbocycles. The van der Waals surface area contributed by atoms with Gasteiger partial charge in [-0.05, 0) is 75.4 Å². The van der Waals surface area contributed by atoms with Gasteiger partial charge in [0.2, 0.25) is 0 Å². The molecule has 0 amide bonds. The third-order valence-corrected chi connectivity index (χ3v) is 10.3. The Labute approximate surface area is 329 Å². The minimum atomic E-state index is -0.0299. The van der Waals surface area contributed by atoms with Crippen molar-refractivity contribution in [2.45, 2.75) is 86.1 Å². The van der Waals surface area contributed by atoms with E-state index in [2.05, 4.69) is 127 Å². The summed E-state index contributed by atoms with van der Waals surface area (Å²) in [7, 11) is 0. The molecule has 1 atom stereocenters.